The summed E-state index contributed by atoms with van der Waals surface area (Å²) >= 11 is 0. The number of aliphatic carboxylic acids is 1. The van der Waals surface area contributed by atoms with Crippen LogP contribution in [-0.4, -0.2) is 29.6 Å². The summed E-state index contributed by atoms with van der Waals surface area (Å²) in [6, 6.07) is 4.74. The SMILES string of the molecule is CC[C@H](C)[C@H](NC(=O)c1ccc2c(c1)CNCC2)C(=O)O. The summed E-state index contributed by atoms with van der Waals surface area (Å²) in [6.07, 6.45) is 1.66. The van der Waals surface area contributed by atoms with E-state index in [-0.39, 0.29) is 11.8 Å². The predicted octanol–water partition coefficient (Wildman–Crippen LogP) is 1.56. The first-order chi connectivity index (χ1) is 10.0. The fraction of sp³-hybridized carbons (Fsp3) is 0.500. The standard InChI is InChI=1S/C16H22N2O3/c1-3-10(2)14(16(20)21)18-15(19)12-5-4-11-6-7-17-9-13(11)8-12/h4-5,8,10,14,17H,3,6-7,9H2,1-2H3,(H,18,19)(H,20,21)/t10-,14-/m0/s1. The number of carbonyl (C=O) groups excluding carboxylic acids is 1. The third-order valence-corrected chi connectivity index (χ3v) is 4.12. The highest BCUT2D eigenvalue weighted by Gasteiger charge is 2.26. The Morgan fingerprint density at radius 3 is 2.81 bits per heavy atom. The minimum absolute atomic E-state index is 0.106. The Morgan fingerprint density at radius 1 is 1.38 bits per heavy atom. The van der Waals surface area contributed by atoms with Gasteiger partial charge in [-0.2, -0.15) is 0 Å². The van der Waals surface area contributed by atoms with Crippen molar-refractivity contribution in [1.82, 2.24) is 10.6 Å². The zero-order chi connectivity index (χ0) is 15.4. The minimum Gasteiger partial charge on any atom is -0.480 e. The number of hydrogen-bond acceptors (Lipinski definition) is 3. The van der Waals surface area contributed by atoms with Crippen LogP contribution in [-0.2, 0) is 17.8 Å². The van der Waals surface area contributed by atoms with Crippen LogP contribution in [0.2, 0.25) is 0 Å². The first-order valence-electron chi connectivity index (χ1n) is 7.39. The lowest BCUT2D eigenvalue weighted by molar-refractivity contribution is -0.140. The Morgan fingerprint density at radius 2 is 2.14 bits per heavy atom. The summed E-state index contributed by atoms with van der Waals surface area (Å²) in [5.41, 5.74) is 2.89. The van der Waals surface area contributed by atoms with E-state index < -0.39 is 12.0 Å². The molecule has 1 aromatic rings. The van der Waals surface area contributed by atoms with E-state index in [0.29, 0.717) is 12.0 Å². The molecule has 0 unspecified atom stereocenters. The second kappa shape index (κ2) is 6.72. The molecule has 0 saturated carbocycles. The topological polar surface area (TPSA) is 78.4 Å². The second-order valence-corrected chi connectivity index (χ2v) is 5.59. The molecule has 1 amide bonds. The molecule has 2 atom stereocenters. The average molecular weight is 290 g/mol. The van der Waals surface area contributed by atoms with Crippen LogP contribution in [0.4, 0.5) is 0 Å². The maximum atomic E-state index is 12.3. The van der Waals surface area contributed by atoms with Crippen LogP contribution in [0.25, 0.3) is 0 Å². The van der Waals surface area contributed by atoms with Crippen molar-refractivity contribution < 1.29 is 14.7 Å². The van der Waals surface area contributed by atoms with Gasteiger partial charge in [0.1, 0.15) is 6.04 Å². The molecule has 0 spiro atoms. The van der Waals surface area contributed by atoms with Gasteiger partial charge in [-0.25, -0.2) is 4.79 Å². The minimum atomic E-state index is -0.989. The predicted molar refractivity (Wildman–Crippen MR) is 80.2 cm³/mol. The highest BCUT2D eigenvalue weighted by atomic mass is 16.4. The fourth-order valence-electron chi connectivity index (χ4n) is 2.53. The Balaban J connectivity index is 2.14. The number of fused-ring (bicyclic) bond motifs is 1. The van der Waals surface area contributed by atoms with Gasteiger partial charge in [0, 0.05) is 12.1 Å². The first kappa shape index (κ1) is 15.5. The van der Waals surface area contributed by atoms with Crippen LogP contribution in [0, 0.1) is 5.92 Å². The monoisotopic (exact) mass is 290 g/mol. The van der Waals surface area contributed by atoms with Gasteiger partial charge < -0.3 is 15.7 Å². The van der Waals surface area contributed by atoms with Gasteiger partial charge in [-0.15, -0.1) is 0 Å². The normalized spacial score (nSPS) is 16.7. The molecule has 1 aromatic carbocycles. The Kier molecular flexibility index (Phi) is 4.96. The molecule has 3 N–H and O–H groups in total. The molecule has 1 aliphatic heterocycles. The van der Waals surface area contributed by atoms with Crippen molar-refractivity contribution in [2.45, 2.75) is 39.3 Å². The summed E-state index contributed by atoms with van der Waals surface area (Å²) in [5, 5.41) is 15.1. The highest BCUT2D eigenvalue weighted by molar-refractivity contribution is 5.96. The number of amides is 1. The number of benzene rings is 1. The van der Waals surface area contributed by atoms with Gasteiger partial charge in [0.05, 0.1) is 0 Å². The Bertz CT molecular complexity index is 542. The van der Waals surface area contributed by atoms with Crippen molar-refractivity contribution in [2.75, 3.05) is 6.54 Å². The van der Waals surface area contributed by atoms with Crippen LogP contribution < -0.4 is 10.6 Å². The van der Waals surface area contributed by atoms with E-state index in [1.807, 2.05) is 26.0 Å². The van der Waals surface area contributed by atoms with Gasteiger partial charge in [0.2, 0.25) is 0 Å². The van der Waals surface area contributed by atoms with Crippen LogP contribution >= 0.6 is 0 Å². The largest absolute Gasteiger partial charge is 0.480 e. The first-order valence-corrected chi connectivity index (χ1v) is 7.39. The van der Waals surface area contributed by atoms with Crippen molar-refractivity contribution in [3.05, 3.63) is 34.9 Å². The molecule has 1 aliphatic rings. The van der Waals surface area contributed by atoms with Gasteiger partial charge >= 0.3 is 5.97 Å². The summed E-state index contributed by atoms with van der Waals surface area (Å²) in [5.74, 6) is -1.42. The molecule has 2 rings (SSSR count). The number of carboxylic acid groups (broad SMARTS) is 1. The number of rotatable bonds is 5. The second-order valence-electron chi connectivity index (χ2n) is 5.59. The van der Waals surface area contributed by atoms with Gasteiger partial charge in [-0.1, -0.05) is 26.3 Å². The molecular weight excluding hydrogens is 268 g/mol. The molecular formula is C16H22N2O3. The summed E-state index contributed by atoms with van der Waals surface area (Å²) in [6.45, 7) is 5.45. The van der Waals surface area contributed by atoms with E-state index >= 15 is 0 Å². The maximum absolute atomic E-state index is 12.3. The molecule has 5 nitrogen and oxygen atoms in total. The molecule has 0 saturated heterocycles. The van der Waals surface area contributed by atoms with Gasteiger partial charge in [0.15, 0.2) is 0 Å². The maximum Gasteiger partial charge on any atom is 0.326 e. The molecule has 0 aromatic heterocycles. The Hall–Kier alpha value is -1.88. The lowest BCUT2D eigenvalue weighted by Crippen LogP contribution is -2.45. The van der Waals surface area contributed by atoms with Crippen LogP contribution in [0.3, 0.4) is 0 Å². The molecule has 5 heteroatoms. The van der Waals surface area contributed by atoms with E-state index in [1.54, 1.807) is 6.07 Å². The number of hydrogen-bond donors (Lipinski definition) is 3. The molecule has 0 radical (unpaired) electrons. The van der Waals surface area contributed by atoms with E-state index in [0.717, 1.165) is 25.1 Å². The summed E-state index contributed by atoms with van der Waals surface area (Å²) in [4.78, 5) is 23.5. The van der Waals surface area contributed by atoms with E-state index in [4.69, 9.17) is 0 Å². The highest BCUT2D eigenvalue weighted by Crippen LogP contribution is 2.16. The zero-order valence-electron chi connectivity index (χ0n) is 12.5. The lowest BCUT2D eigenvalue weighted by atomic mass is 9.96. The fourth-order valence-corrected chi connectivity index (χ4v) is 2.53. The van der Waals surface area contributed by atoms with Crippen molar-refractivity contribution in [3.63, 3.8) is 0 Å². The quantitative estimate of drug-likeness (QED) is 0.769. The molecule has 0 fully saturated rings. The van der Waals surface area contributed by atoms with Crippen LogP contribution in [0.1, 0.15) is 41.8 Å². The molecule has 0 aliphatic carbocycles. The van der Waals surface area contributed by atoms with Gasteiger partial charge in [-0.3, -0.25) is 4.79 Å². The molecule has 0 bridgehead atoms. The number of carbonyl (C=O) groups is 2. The number of carboxylic acids is 1. The third-order valence-electron chi connectivity index (χ3n) is 4.12. The average Bonchev–Trinajstić information content (AvgIpc) is 2.50. The third kappa shape index (κ3) is 3.61. The number of nitrogens with one attached hydrogen (secondary N) is 2. The van der Waals surface area contributed by atoms with Crippen molar-refractivity contribution in [2.24, 2.45) is 5.92 Å². The smallest absolute Gasteiger partial charge is 0.326 e. The molecule has 114 valence electrons. The van der Waals surface area contributed by atoms with E-state index in [1.165, 1.54) is 5.56 Å². The molecule has 21 heavy (non-hydrogen) atoms. The molecule has 1 heterocycles. The van der Waals surface area contributed by atoms with Gasteiger partial charge in [-0.05, 0) is 42.1 Å². The van der Waals surface area contributed by atoms with Crippen molar-refractivity contribution in [1.29, 1.82) is 0 Å². The van der Waals surface area contributed by atoms with Crippen molar-refractivity contribution >= 4 is 11.9 Å². The van der Waals surface area contributed by atoms with E-state index in [2.05, 4.69) is 10.6 Å². The Labute approximate surface area is 124 Å². The van der Waals surface area contributed by atoms with E-state index in [9.17, 15) is 14.7 Å². The van der Waals surface area contributed by atoms with Gasteiger partial charge in [0.25, 0.3) is 5.91 Å². The van der Waals surface area contributed by atoms with Crippen LogP contribution in [0.5, 0.6) is 0 Å². The lowest BCUT2D eigenvalue weighted by Gasteiger charge is -2.21. The van der Waals surface area contributed by atoms with Crippen LogP contribution in [0.15, 0.2) is 18.2 Å². The zero-order valence-corrected chi connectivity index (χ0v) is 12.5. The van der Waals surface area contributed by atoms with Crippen molar-refractivity contribution in [3.8, 4) is 0 Å². The summed E-state index contributed by atoms with van der Waals surface area (Å²) in [7, 11) is 0. The summed E-state index contributed by atoms with van der Waals surface area (Å²) < 4.78 is 0.